The number of aliphatic hydroxyl groups excluding tert-OH is 1. The fourth-order valence-corrected chi connectivity index (χ4v) is 1.34. The molecule has 7 nitrogen and oxygen atoms in total. The van der Waals surface area contributed by atoms with Crippen molar-refractivity contribution >= 4 is 17.7 Å². The zero-order chi connectivity index (χ0) is 27.4. The molecule has 34 heavy (non-hydrogen) atoms. The molecule has 0 aliphatic rings. The van der Waals surface area contributed by atoms with Gasteiger partial charge in [0.25, 0.3) is 11.7 Å². The first-order valence-corrected chi connectivity index (χ1v) is 9.97. The van der Waals surface area contributed by atoms with Gasteiger partial charge in [0, 0.05) is 38.8 Å². The number of terminal acetylenes is 3. The van der Waals surface area contributed by atoms with Gasteiger partial charge in [0.15, 0.2) is 6.04 Å². The number of unbranched alkanes of at least 4 members (excludes halogenated alkanes) is 2. The zero-order valence-corrected chi connectivity index (χ0v) is 19.3. The lowest BCUT2D eigenvalue weighted by atomic mass is 10.1. The summed E-state index contributed by atoms with van der Waals surface area (Å²) in [7, 11) is 0. The average molecular weight is 487 g/mol. The molecule has 0 fully saturated rings. The van der Waals surface area contributed by atoms with E-state index in [4.69, 9.17) is 34.3 Å². The summed E-state index contributed by atoms with van der Waals surface area (Å²) in [4.78, 5) is 31.2. The quantitative estimate of drug-likeness (QED) is 0.179. The molecule has 0 heterocycles. The normalized spacial score (nSPS) is 10.1. The second-order valence-corrected chi connectivity index (χ2v) is 5.93. The largest absolute Gasteiger partial charge is 0.542 e. The van der Waals surface area contributed by atoms with Gasteiger partial charge in [-0.1, -0.05) is 18.2 Å². The van der Waals surface area contributed by atoms with Gasteiger partial charge < -0.3 is 26.1 Å². The van der Waals surface area contributed by atoms with E-state index in [2.05, 4.69) is 41.5 Å². The fraction of sp³-hybridized carbons (Fsp3) is 0.458. The minimum atomic E-state index is -5.19. The third kappa shape index (κ3) is 33.1. The minimum Gasteiger partial charge on any atom is -0.542 e. The van der Waals surface area contributed by atoms with Gasteiger partial charge in [0.1, 0.15) is 5.97 Å². The molecule has 0 aliphatic heterocycles. The van der Waals surface area contributed by atoms with E-state index in [9.17, 15) is 22.8 Å². The van der Waals surface area contributed by atoms with Crippen molar-refractivity contribution in [1.29, 1.82) is 0 Å². The van der Waals surface area contributed by atoms with Crippen molar-refractivity contribution < 1.29 is 43.5 Å². The lowest BCUT2D eigenvalue weighted by Crippen LogP contribution is -2.67. The summed E-state index contributed by atoms with van der Waals surface area (Å²) in [6, 6.07) is -0.559. The maximum absolute atomic E-state index is 11.3. The second-order valence-electron chi connectivity index (χ2n) is 5.93. The van der Waals surface area contributed by atoms with E-state index >= 15 is 0 Å². The number of Topliss-reactive ketones (excluding diaryl/α,β-unsaturated/α-hetero) is 1. The number of aliphatic carboxylic acids is 1. The van der Waals surface area contributed by atoms with E-state index in [1.54, 1.807) is 0 Å². The summed E-state index contributed by atoms with van der Waals surface area (Å²) in [5.74, 6) is 3.20. The van der Waals surface area contributed by atoms with Crippen LogP contribution in [0, 0.1) is 37.0 Å². The third-order valence-corrected chi connectivity index (χ3v) is 3.04. The molecule has 0 aromatic carbocycles. The molecular weight excluding hydrogens is 453 g/mol. The number of ketones is 1. The molecule has 0 aliphatic carbocycles. The van der Waals surface area contributed by atoms with Crippen LogP contribution in [-0.4, -0.2) is 48.1 Å². The van der Waals surface area contributed by atoms with Crippen LogP contribution in [0.25, 0.3) is 0 Å². The van der Waals surface area contributed by atoms with E-state index in [1.807, 2.05) is 13.0 Å². The Bertz CT molecular complexity index is 727. The molecule has 0 aromatic rings. The molecule has 1 atom stereocenters. The van der Waals surface area contributed by atoms with Crippen LogP contribution in [0.1, 0.15) is 45.4 Å². The van der Waals surface area contributed by atoms with E-state index in [-0.39, 0.29) is 13.2 Å². The molecule has 0 radical (unpaired) electrons. The summed E-state index contributed by atoms with van der Waals surface area (Å²) < 4.78 is 31.5. The highest BCUT2D eigenvalue weighted by Crippen LogP contribution is 2.11. The number of amides is 1. The standard InChI is InChI=1S/C10H14N2O2.C7H10.C5H8O.C2HF3O2/c1-3-5-6-8(11)9(13)10(14)12-7-4-2;1-3-5-7-6-4-2;1-2-3-4-5-6;3-2(4,5)1(6)7/h1,4,8H,2,5-7,11H2,(H,12,14);1,4,6H,5,7H2,2H3;1,6H,3-5H2;(H,6,7)/b;6-4+;;. The molecule has 5 N–H and O–H groups in total. The summed E-state index contributed by atoms with van der Waals surface area (Å²) in [5.41, 5.74) is 3.57. The number of carboxylic acids is 1. The number of rotatable bonds is 10. The topological polar surface area (TPSA) is 134 Å². The summed E-state index contributed by atoms with van der Waals surface area (Å²) in [6.07, 6.45) is 19.5. The van der Waals surface area contributed by atoms with E-state index in [0.717, 1.165) is 19.3 Å². The SMILES string of the molecule is C#CCC/C=C/C.C#CCCC([NH3+])C(=O)C(=O)NCC=C.C#CCCCO.O=C([O-])C(F)(F)F. The van der Waals surface area contributed by atoms with Gasteiger partial charge >= 0.3 is 6.18 Å². The fourth-order valence-electron chi connectivity index (χ4n) is 1.34. The van der Waals surface area contributed by atoms with Crippen LogP contribution in [0.5, 0.6) is 0 Å². The number of carbonyl (C=O) groups excluding carboxylic acids is 3. The van der Waals surface area contributed by atoms with Crippen molar-refractivity contribution in [3.05, 3.63) is 24.8 Å². The number of nitrogens with one attached hydrogen (secondary N) is 1. The lowest BCUT2D eigenvalue weighted by molar-refractivity contribution is -0.403. The number of carboxylic acid groups (broad SMARTS) is 1. The first-order valence-electron chi connectivity index (χ1n) is 9.97. The predicted octanol–water partition coefficient (Wildman–Crippen LogP) is 0.548. The summed E-state index contributed by atoms with van der Waals surface area (Å²) >= 11 is 0. The maximum Gasteiger partial charge on any atom is 0.430 e. The van der Waals surface area contributed by atoms with Crippen LogP contribution >= 0.6 is 0 Å². The van der Waals surface area contributed by atoms with Crippen molar-refractivity contribution in [2.24, 2.45) is 0 Å². The molecule has 10 heteroatoms. The number of hydrogen-bond acceptors (Lipinski definition) is 5. The van der Waals surface area contributed by atoms with Crippen molar-refractivity contribution in [3.63, 3.8) is 0 Å². The van der Waals surface area contributed by atoms with Crippen LogP contribution in [0.2, 0.25) is 0 Å². The van der Waals surface area contributed by atoms with Crippen molar-refractivity contribution in [2.75, 3.05) is 13.2 Å². The minimum absolute atomic E-state index is 0.212. The Kier molecular flexibility index (Phi) is 30.6. The summed E-state index contributed by atoms with van der Waals surface area (Å²) in [6.45, 7) is 5.91. The molecule has 0 aromatic heterocycles. The molecule has 0 saturated carbocycles. The molecule has 0 rings (SSSR count). The maximum atomic E-state index is 11.3. The summed E-state index contributed by atoms with van der Waals surface area (Å²) in [5, 5.41) is 19.3. The number of alkyl halides is 3. The van der Waals surface area contributed by atoms with Gasteiger partial charge in [-0.3, -0.25) is 9.59 Å². The van der Waals surface area contributed by atoms with Crippen LogP contribution in [-0.2, 0) is 14.4 Å². The van der Waals surface area contributed by atoms with Gasteiger partial charge in [-0.05, 0) is 19.8 Å². The highest BCUT2D eigenvalue weighted by molar-refractivity contribution is 6.37. The number of halogens is 3. The van der Waals surface area contributed by atoms with Crippen molar-refractivity contribution in [2.45, 2.75) is 57.7 Å². The van der Waals surface area contributed by atoms with Crippen LogP contribution in [0.15, 0.2) is 24.8 Å². The van der Waals surface area contributed by atoms with E-state index in [1.165, 1.54) is 6.08 Å². The van der Waals surface area contributed by atoms with E-state index in [0.29, 0.717) is 19.3 Å². The molecular formula is C24H33F3N2O5. The van der Waals surface area contributed by atoms with Gasteiger partial charge in [-0.15, -0.1) is 43.6 Å². The van der Waals surface area contributed by atoms with Crippen molar-refractivity contribution in [1.82, 2.24) is 5.32 Å². The van der Waals surface area contributed by atoms with Gasteiger partial charge in [0.2, 0.25) is 0 Å². The average Bonchev–Trinajstić information content (AvgIpc) is 2.80. The highest BCUT2D eigenvalue weighted by atomic mass is 19.4. The number of carbonyl (C=O) groups is 3. The van der Waals surface area contributed by atoms with Crippen LogP contribution in [0.4, 0.5) is 13.2 Å². The Morgan fingerprint density at radius 2 is 1.65 bits per heavy atom. The monoisotopic (exact) mass is 486 g/mol. The Labute approximate surface area is 199 Å². The predicted molar refractivity (Wildman–Crippen MR) is 122 cm³/mol. The third-order valence-electron chi connectivity index (χ3n) is 3.04. The Morgan fingerprint density at radius 3 is 1.97 bits per heavy atom. The van der Waals surface area contributed by atoms with Gasteiger partial charge in [-0.2, -0.15) is 13.2 Å². The smallest absolute Gasteiger partial charge is 0.430 e. The highest BCUT2D eigenvalue weighted by Gasteiger charge is 2.28. The van der Waals surface area contributed by atoms with Crippen molar-refractivity contribution in [3.8, 4) is 37.0 Å². The molecule has 1 amide bonds. The van der Waals surface area contributed by atoms with E-state index < -0.39 is 29.9 Å². The number of aliphatic hydroxyl groups is 1. The Hall–Kier alpha value is -3.52. The number of hydrogen-bond donors (Lipinski definition) is 3. The molecule has 0 bridgehead atoms. The molecule has 190 valence electrons. The number of allylic oxidation sites excluding steroid dienone is 2. The van der Waals surface area contributed by atoms with Gasteiger partial charge in [0.05, 0.1) is 0 Å². The lowest BCUT2D eigenvalue weighted by Gasteiger charge is -2.04. The van der Waals surface area contributed by atoms with Crippen LogP contribution in [0.3, 0.4) is 0 Å². The second kappa shape index (κ2) is 27.5. The molecule has 0 saturated heterocycles. The number of quaternary nitrogens is 1. The van der Waals surface area contributed by atoms with Crippen LogP contribution < -0.4 is 16.2 Å². The zero-order valence-electron chi connectivity index (χ0n) is 19.3. The Morgan fingerprint density at radius 1 is 1.15 bits per heavy atom. The first-order chi connectivity index (χ1) is 15.9. The molecule has 1 unspecified atom stereocenters. The Balaban J connectivity index is -0.000000191. The first kappa shape index (κ1) is 37.8. The molecule has 0 spiro atoms. The van der Waals surface area contributed by atoms with Gasteiger partial charge in [-0.25, -0.2) is 0 Å².